The molecule has 0 spiro atoms. The van der Waals surface area contributed by atoms with Crippen molar-refractivity contribution in [3.8, 4) is 23.0 Å². The number of ether oxygens (including phenoxy) is 5. The van der Waals surface area contributed by atoms with E-state index >= 15 is 0 Å². The number of aromatic nitrogens is 3. The van der Waals surface area contributed by atoms with Crippen molar-refractivity contribution < 1.29 is 23.7 Å². The first-order valence-electron chi connectivity index (χ1n) is 10.1. The number of allylic oxidation sites excluding steroid dienone is 1. The zero-order valence-corrected chi connectivity index (χ0v) is 17.9. The third-order valence-electron chi connectivity index (χ3n) is 5.38. The van der Waals surface area contributed by atoms with Crippen molar-refractivity contribution >= 4 is 32.7 Å². The molecule has 2 aromatic heterocycles. The molecular weight excluding hydrogens is 414 g/mol. The number of benzene rings is 2. The van der Waals surface area contributed by atoms with E-state index in [1.807, 2.05) is 19.1 Å². The summed E-state index contributed by atoms with van der Waals surface area (Å²) < 4.78 is 29.1. The lowest BCUT2D eigenvalue weighted by Gasteiger charge is -2.16. The molecule has 164 valence electrons. The van der Waals surface area contributed by atoms with Gasteiger partial charge in [-0.2, -0.15) is 0 Å². The van der Waals surface area contributed by atoms with Crippen LogP contribution in [0.15, 0.2) is 41.4 Å². The van der Waals surface area contributed by atoms with Gasteiger partial charge in [0.05, 0.1) is 36.9 Å². The fourth-order valence-electron chi connectivity index (χ4n) is 3.84. The molecule has 0 bridgehead atoms. The van der Waals surface area contributed by atoms with Crippen LogP contribution in [0.25, 0.3) is 32.7 Å². The average Bonchev–Trinajstić information content (AvgIpc) is 3.28. The molecule has 0 aliphatic carbocycles. The molecule has 1 aliphatic rings. The Balaban J connectivity index is 1.89. The number of pyridine rings is 1. The van der Waals surface area contributed by atoms with Gasteiger partial charge in [0.15, 0.2) is 29.7 Å². The van der Waals surface area contributed by atoms with Crippen molar-refractivity contribution in [2.45, 2.75) is 20.1 Å². The lowest BCUT2D eigenvalue weighted by atomic mass is 10.1. The first kappa shape index (κ1) is 19.9. The molecule has 4 aromatic rings. The molecule has 2 aromatic carbocycles. The van der Waals surface area contributed by atoms with E-state index in [0.29, 0.717) is 55.7 Å². The van der Waals surface area contributed by atoms with Crippen molar-refractivity contribution in [3.63, 3.8) is 0 Å². The van der Waals surface area contributed by atoms with E-state index in [9.17, 15) is 4.79 Å². The zero-order chi connectivity index (χ0) is 22.2. The summed E-state index contributed by atoms with van der Waals surface area (Å²) in [5.41, 5.74) is 1.46. The van der Waals surface area contributed by atoms with E-state index < -0.39 is 0 Å². The topological polar surface area (TPSA) is 93.9 Å². The Morgan fingerprint density at radius 3 is 2.44 bits per heavy atom. The molecule has 0 unspecified atom stereocenters. The third kappa shape index (κ3) is 3.05. The fourth-order valence-corrected chi connectivity index (χ4v) is 3.84. The molecular formula is C23H21N3O6. The van der Waals surface area contributed by atoms with Crippen LogP contribution in [0.3, 0.4) is 0 Å². The van der Waals surface area contributed by atoms with Gasteiger partial charge < -0.3 is 23.7 Å². The molecule has 0 saturated heterocycles. The second kappa shape index (κ2) is 7.92. The predicted molar refractivity (Wildman–Crippen MR) is 119 cm³/mol. The van der Waals surface area contributed by atoms with Crippen molar-refractivity contribution in [2.24, 2.45) is 0 Å². The second-order valence-corrected chi connectivity index (χ2v) is 7.18. The summed E-state index contributed by atoms with van der Waals surface area (Å²) in [4.78, 5) is 13.6. The lowest BCUT2D eigenvalue weighted by molar-refractivity contribution is 0.174. The second-order valence-electron chi connectivity index (χ2n) is 7.18. The molecule has 0 amide bonds. The van der Waals surface area contributed by atoms with Crippen LogP contribution in [0.2, 0.25) is 0 Å². The minimum atomic E-state index is -0.245. The molecule has 9 nitrogen and oxygen atoms in total. The summed E-state index contributed by atoms with van der Waals surface area (Å²) >= 11 is 0. The van der Waals surface area contributed by atoms with Crippen molar-refractivity contribution in [1.82, 2.24) is 14.8 Å². The smallest absolute Gasteiger partial charge is 0.261 e. The molecule has 0 N–H and O–H groups in total. The molecule has 5 rings (SSSR count). The van der Waals surface area contributed by atoms with Gasteiger partial charge in [0, 0.05) is 16.8 Å². The predicted octanol–water partition coefficient (Wildman–Crippen LogP) is 3.74. The molecule has 9 heteroatoms. The fraction of sp³-hybridized carbons (Fsp3) is 0.261. The highest BCUT2D eigenvalue weighted by Crippen LogP contribution is 2.39. The molecule has 0 atom stereocenters. The number of hydrogen-bond donors (Lipinski definition) is 0. The van der Waals surface area contributed by atoms with Gasteiger partial charge in [0.25, 0.3) is 5.56 Å². The van der Waals surface area contributed by atoms with E-state index in [4.69, 9.17) is 23.7 Å². The van der Waals surface area contributed by atoms with Gasteiger partial charge in [-0.15, -0.1) is 10.2 Å². The van der Waals surface area contributed by atoms with Crippen LogP contribution in [0.4, 0.5) is 0 Å². The maximum Gasteiger partial charge on any atom is 0.261 e. The molecule has 0 radical (unpaired) electrons. The Labute approximate surface area is 182 Å². The van der Waals surface area contributed by atoms with E-state index in [-0.39, 0.29) is 19.1 Å². The SMILES string of the molecule is CC/C=C/OCn1c(=O)c2cc(OC)c(OC)cc2c2nnc3cc4c(cc3c21)OCO4. The Morgan fingerprint density at radius 2 is 1.72 bits per heavy atom. The quantitative estimate of drug-likeness (QED) is 0.334. The summed E-state index contributed by atoms with van der Waals surface area (Å²) in [6.07, 6.45) is 4.28. The zero-order valence-electron chi connectivity index (χ0n) is 17.9. The van der Waals surface area contributed by atoms with Crippen LogP contribution < -0.4 is 24.5 Å². The Bertz CT molecular complexity index is 1440. The first-order chi connectivity index (χ1) is 15.7. The van der Waals surface area contributed by atoms with Gasteiger partial charge in [0.2, 0.25) is 6.79 Å². The monoisotopic (exact) mass is 435 g/mol. The van der Waals surface area contributed by atoms with Gasteiger partial charge in [-0.1, -0.05) is 13.0 Å². The summed E-state index contributed by atoms with van der Waals surface area (Å²) in [7, 11) is 3.07. The Morgan fingerprint density at radius 1 is 1.00 bits per heavy atom. The molecule has 0 fully saturated rings. The van der Waals surface area contributed by atoms with Crippen LogP contribution in [-0.2, 0) is 11.5 Å². The van der Waals surface area contributed by atoms with Crippen LogP contribution in [0.5, 0.6) is 23.0 Å². The highest BCUT2D eigenvalue weighted by molar-refractivity contribution is 6.13. The average molecular weight is 435 g/mol. The van der Waals surface area contributed by atoms with Crippen molar-refractivity contribution in [3.05, 3.63) is 47.0 Å². The number of fused-ring (bicyclic) bond motifs is 6. The summed E-state index contributed by atoms with van der Waals surface area (Å²) in [5, 5.41) is 10.6. The van der Waals surface area contributed by atoms with Crippen molar-refractivity contribution in [1.29, 1.82) is 0 Å². The number of hydrogen-bond acceptors (Lipinski definition) is 8. The summed E-state index contributed by atoms with van der Waals surface area (Å²) in [6.45, 7) is 2.14. The summed E-state index contributed by atoms with van der Waals surface area (Å²) in [5.74, 6) is 2.12. The summed E-state index contributed by atoms with van der Waals surface area (Å²) in [6, 6.07) is 6.97. The molecule has 0 saturated carbocycles. The first-order valence-corrected chi connectivity index (χ1v) is 10.1. The van der Waals surface area contributed by atoms with Crippen LogP contribution >= 0.6 is 0 Å². The molecule has 3 heterocycles. The Kier molecular flexibility index (Phi) is 4.93. The minimum absolute atomic E-state index is 0.00531. The van der Waals surface area contributed by atoms with Gasteiger partial charge in [-0.05, 0) is 24.6 Å². The number of rotatable bonds is 6. The maximum absolute atomic E-state index is 13.6. The van der Waals surface area contributed by atoms with Crippen LogP contribution in [-0.4, -0.2) is 35.8 Å². The third-order valence-corrected chi connectivity index (χ3v) is 5.38. The van der Waals surface area contributed by atoms with E-state index in [2.05, 4.69) is 10.2 Å². The number of methoxy groups -OCH3 is 2. The van der Waals surface area contributed by atoms with Gasteiger partial charge in [0.1, 0.15) is 5.52 Å². The van der Waals surface area contributed by atoms with Crippen LogP contribution in [0.1, 0.15) is 13.3 Å². The van der Waals surface area contributed by atoms with Gasteiger partial charge in [-0.3, -0.25) is 9.36 Å². The maximum atomic E-state index is 13.6. The molecule has 1 aliphatic heterocycles. The Hall–Kier alpha value is -4.01. The normalized spacial score (nSPS) is 12.8. The minimum Gasteiger partial charge on any atom is -0.493 e. The standard InChI is InChI=1S/C23H21N3O6/c1-4-5-6-30-11-26-22-15-9-19-20(32-12-31-19)10-16(15)24-25-21(22)13-7-17(28-2)18(29-3)8-14(13)23(26)27/h5-10H,4,11-12H2,1-3H3/b6-5+. The largest absolute Gasteiger partial charge is 0.493 e. The van der Waals surface area contributed by atoms with Crippen LogP contribution in [0, 0.1) is 0 Å². The van der Waals surface area contributed by atoms with E-state index in [0.717, 1.165) is 6.42 Å². The van der Waals surface area contributed by atoms with E-state index in [1.54, 1.807) is 36.1 Å². The highest BCUT2D eigenvalue weighted by atomic mass is 16.7. The van der Waals surface area contributed by atoms with Gasteiger partial charge >= 0.3 is 0 Å². The molecule has 32 heavy (non-hydrogen) atoms. The number of nitrogens with zero attached hydrogens (tertiary/aromatic N) is 3. The van der Waals surface area contributed by atoms with E-state index in [1.165, 1.54) is 7.11 Å². The lowest BCUT2D eigenvalue weighted by Crippen LogP contribution is -2.22. The van der Waals surface area contributed by atoms with Gasteiger partial charge in [-0.25, -0.2) is 0 Å². The highest BCUT2D eigenvalue weighted by Gasteiger charge is 2.21. The van der Waals surface area contributed by atoms with Crippen molar-refractivity contribution in [2.75, 3.05) is 21.0 Å².